The molecule has 4 rings (SSSR count). The van der Waals surface area contributed by atoms with E-state index in [0.717, 1.165) is 11.1 Å². The van der Waals surface area contributed by atoms with Gasteiger partial charge in [0.2, 0.25) is 0 Å². The minimum absolute atomic E-state index is 0.115. The van der Waals surface area contributed by atoms with Crippen LogP contribution in [-0.2, 0) is 0 Å². The van der Waals surface area contributed by atoms with Crippen molar-refractivity contribution in [3.05, 3.63) is 98.3 Å². The molecule has 0 aliphatic heterocycles. The summed E-state index contributed by atoms with van der Waals surface area (Å²) in [7, 11) is 1.52. The van der Waals surface area contributed by atoms with Crippen LogP contribution in [0.2, 0.25) is 10.0 Å². The number of Topliss-reactive ketones (excluding diaryl/α,β-unsaturated/α-hetero) is 1. The summed E-state index contributed by atoms with van der Waals surface area (Å²) >= 11 is 13.5. The SMILES string of the molecule is COc1cc(C=C(C#N)c2nc(-c3ccc(Cl)c(Cl)c3)cs2)ccc1OCC(=O)c1ccccc1. The van der Waals surface area contributed by atoms with E-state index in [2.05, 4.69) is 11.1 Å². The number of benzene rings is 3. The van der Waals surface area contributed by atoms with Crippen molar-refractivity contribution in [2.24, 2.45) is 0 Å². The molecule has 0 radical (unpaired) electrons. The Morgan fingerprint density at radius 3 is 2.57 bits per heavy atom. The first-order chi connectivity index (χ1) is 17.0. The Labute approximate surface area is 216 Å². The van der Waals surface area contributed by atoms with E-state index in [1.807, 2.05) is 17.5 Å². The molecule has 0 spiro atoms. The highest BCUT2D eigenvalue weighted by atomic mass is 35.5. The van der Waals surface area contributed by atoms with E-state index in [-0.39, 0.29) is 12.4 Å². The average molecular weight is 521 g/mol. The van der Waals surface area contributed by atoms with Crippen molar-refractivity contribution in [3.8, 4) is 28.8 Å². The van der Waals surface area contributed by atoms with Crippen LogP contribution in [0.15, 0.2) is 72.1 Å². The summed E-state index contributed by atoms with van der Waals surface area (Å²) in [6.45, 7) is -0.115. The van der Waals surface area contributed by atoms with Gasteiger partial charge in [-0.3, -0.25) is 4.79 Å². The van der Waals surface area contributed by atoms with Gasteiger partial charge >= 0.3 is 0 Å². The van der Waals surface area contributed by atoms with E-state index in [1.165, 1.54) is 18.4 Å². The van der Waals surface area contributed by atoms with Crippen molar-refractivity contribution in [2.75, 3.05) is 13.7 Å². The quantitative estimate of drug-likeness (QED) is 0.178. The summed E-state index contributed by atoms with van der Waals surface area (Å²) in [6.07, 6.45) is 1.72. The molecule has 0 saturated heterocycles. The first-order valence-electron chi connectivity index (χ1n) is 10.4. The van der Waals surface area contributed by atoms with Gasteiger partial charge in [-0.15, -0.1) is 11.3 Å². The van der Waals surface area contributed by atoms with Crippen LogP contribution in [-0.4, -0.2) is 24.5 Å². The predicted octanol–water partition coefficient (Wildman–Crippen LogP) is 7.45. The van der Waals surface area contributed by atoms with E-state index in [4.69, 9.17) is 32.7 Å². The summed E-state index contributed by atoms with van der Waals surface area (Å²) < 4.78 is 11.1. The Hall–Kier alpha value is -3.63. The fourth-order valence-electron chi connectivity index (χ4n) is 3.24. The maximum Gasteiger partial charge on any atom is 0.200 e. The number of nitriles is 1. The number of allylic oxidation sites excluding steroid dienone is 1. The second kappa shape index (κ2) is 11.2. The fraction of sp³-hybridized carbons (Fsp3) is 0.0741. The van der Waals surface area contributed by atoms with E-state index in [0.29, 0.717) is 43.4 Å². The Kier molecular flexibility index (Phi) is 7.84. The lowest BCUT2D eigenvalue weighted by atomic mass is 10.1. The number of thiazole rings is 1. The molecule has 5 nitrogen and oxygen atoms in total. The zero-order valence-electron chi connectivity index (χ0n) is 18.5. The third kappa shape index (κ3) is 5.90. The minimum atomic E-state index is -0.134. The Bertz CT molecular complexity index is 1440. The number of ketones is 1. The second-order valence-electron chi connectivity index (χ2n) is 7.32. The van der Waals surface area contributed by atoms with Crippen LogP contribution in [0.5, 0.6) is 11.5 Å². The summed E-state index contributed by atoms with van der Waals surface area (Å²) in [5, 5.41) is 13.1. The Balaban J connectivity index is 1.53. The molecular formula is C27H18Cl2N2O3S. The number of carbonyl (C=O) groups is 1. The van der Waals surface area contributed by atoms with Gasteiger partial charge in [-0.05, 0) is 35.9 Å². The van der Waals surface area contributed by atoms with Gasteiger partial charge in [0.25, 0.3) is 0 Å². The highest BCUT2D eigenvalue weighted by Crippen LogP contribution is 2.33. The van der Waals surface area contributed by atoms with Gasteiger partial charge in [0.15, 0.2) is 23.9 Å². The predicted molar refractivity (Wildman–Crippen MR) is 140 cm³/mol. The van der Waals surface area contributed by atoms with E-state index < -0.39 is 0 Å². The maximum atomic E-state index is 12.3. The zero-order valence-corrected chi connectivity index (χ0v) is 20.8. The topological polar surface area (TPSA) is 72.2 Å². The number of halogens is 2. The Morgan fingerprint density at radius 2 is 1.86 bits per heavy atom. The van der Waals surface area contributed by atoms with Crippen molar-refractivity contribution in [3.63, 3.8) is 0 Å². The maximum absolute atomic E-state index is 12.3. The Morgan fingerprint density at radius 1 is 1.06 bits per heavy atom. The molecule has 0 bridgehead atoms. The standard InChI is InChI=1S/C27H18Cl2N2O3S/c1-33-26-12-17(7-10-25(26)34-15-24(32)18-5-3-2-4-6-18)11-20(14-30)27-31-23(16-35-27)19-8-9-21(28)22(29)13-19/h2-13,16H,15H2,1H3. The molecule has 3 aromatic carbocycles. The van der Waals surface area contributed by atoms with Crippen molar-refractivity contribution in [1.82, 2.24) is 4.98 Å². The number of carbonyl (C=O) groups excluding carboxylic acids is 1. The van der Waals surface area contributed by atoms with Crippen molar-refractivity contribution in [2.45, 2.75) is 0 Å². The average Bonchev–Trinajstić information content (AvgIpc) is 3.38. The lowest BCUT2D eigenvalue weighted by Gasteiger charge is -2.11. The van der Waals surface area contributed by atoms with Gasteiger partial charge in [-0.25, -0.2) is 4.98 Å². The molecule has 0 atom stereocenters. The summed E-state index contributed by atoms with van der Waals surface area (Å²) in [5.41, 5.74) is 3.22. The number of hydrogen-bond donors (Lipinski definition) is 0. The summed E-state index contributed by atoms with van der Waals surface area (Å²) in [5.74, 6) is 0.751. The minimum Gasteiger partial charge on any atom is -0.493 e. The lowest BCUT2D eigenvalue weighted by Crippen LogP contribution is -2.11. The van der Waals surface area contributed by atoms with Crippen LogP contribution >= 0.6 is 34.5 Å². The normalized spacial score (nSPS) is 11.1. The number of rotatable bonds is 8. The largest absolute Gasteiger partial charge is 0.493 e. The molecule has 1 heterocycles. The molecule has 1 aromatic heterocycles. The molecule has 8 heteroatoms. The highest BCUT2D eigenvalue weighted by molar-refractivity contribution is 7.11. The van der Waals surface area contributed by atoms with Crippen LogP contribution in [0.4, 0.5) is 0 Å². The number of ether oxygens (including phenoxy) is 2. The molecule has 0 aliphatic carbocycles. The number of methoxy groups -OCH3 is 1. The van der Waals surface area contributed by atoms with E-state index in [1.54, 1.807) is 60.7 Å². The van der Waals surface area contributed by atoms with Crippen LogP contribution in [0.1, 0.15) is 20.9 Å². The molecule has 0 aliphatic rings. The van der Waals surface area contributed by atoms with Crippen molar-refractivity contribution < 1.29 is 14.3 Å². The molecule has 0 unspecified atom stereocenters. The third-order valence-corrected chi connectivity index (χ3v) is 6.64. The summed E-state index contributed by atoms with van der Waals surface area (Å²) in [6, 6.07) is 21.7. The highest BCUT2D eigenvalue weighted by Gasteiger charge is 2.13. The van der Waals surface area contributed by atoms with Crippen LogP contribution < -0.4 is 9.47 Å². The molecule has 0 amide bonds. The van der Waals surface area contributed by atoms with Crippen molar-refractivity contribution in [1.29, 1.82) is 5.26 Å². The van der Waals surface area contributed by atoms with Crippen LogP contribution in [0.25, 0.3) is 22.9 Å². The lowest BCUT2D eigenvalue weighted by molar-refractivity contribution is 0.0919. The second-order valence-corrected chi connectivity index (χ2v) is 9.00. The van der Waals surface area contributed by atoms with Gasteiger partial charge in [0.05, 0.1) is 28.4 Å². The van der Waals surface area contributed by atoms with E-state index >= 15 is 0 Å². The van der Waals surface area contributed by atoms with Crippen LogP contribution in [0.3, 0.4) is 0 Å². The number of aromatic nitrogens is 1. The zero-order chi connectivity index (χ0) is 24.8. The van der Waals surface area contributed by atoms with Gasteiger partial charge in [0, 0.05) is 16.5 Å². The van der Waals surface area contributed by atoms with E-state index in [9.17, 15) is 10.1 Å². The molecule has 0 fully saturated rings. The summed E-state index contributed by atoms with van der Waals surface area (Å²) in [4.78, 5) is 16.9. The molecular weight excluding hydrogens is 503 g/mol. The number of nitrogens with zero attached hydrogens (tertiary/aromatic N) is 2. The molecule has 0 saturated carbocycles. The van der Waals surface area contributed by atoms with Gasteiger partial charge < -0.3 is 9.47 Å². The van der Waals surface area contributed by atoms with Gasteiger partial charge in [-0.2, -0.15) is 5.26 Å². The fourth-order valence-corrected chi connectivity index (χ4v) is 4.33. The smallest absolute Gasteiger partial charge is 0.200 e. The third-order valence-electron chi connectivity index (χ3n) is 5.02. The van der Waals surface area contributed by atoms with Gasteiger partial charge in [-0.1, -0.05) is 65.7 Å². The molecule has 0 N–H and O–H groups in total. The molecule has 4 aromatic rings. The number of hydrogen-bond acceptors (Lipinski definition) is 6. The first kappa shape index (κ1) is 24.5. The van der Waals surface area contributed by atoms with Gasteiger partial charge in [0.1, 0.15) is 11.1 Å². The van der Waals surface area contributed by atoms with Crippen molar-refractivity contribution >= 4 is 52.0 Å². The van der Waals surface area contributed by atoms with Crippen LogP contribution in [0, 0.1) is 11.3 Å². The molecule has 35 heavy (non-hydrogen) atoms. The first-order valence-corrected chi connectivity index (χ1v) is 12.0. The monoisotopic (exact) mass is 520 g/mol. The molecule has 174 valence electrons.